The molecule has 0 aliphatic carbocycles. The number of likely N-dealkylation sites (N-methyl/N-ethyl adjacent to an activating group) is 1. The predicted octanol–water partition coefficient (Wildman–Crippen LogP) is 1.78. The molecule has 0 aliphatic heterocycles. The molecule has 7 nitrogen and oxygen atoms in total. The molecular weight excluding hydrogens is 341 g/mol. The zero-order valence-electron chi connectivity index (χ0n) is 12.1. The number of halogens is 4. The fourth-order valence-electron chi connectivity index (χ4n) is 1.63. The maximum absolute atomic E-state index is 12.5. The summed E-state index contributed by atoms with van der Waals surface area (Å²) in [5.74, 6) is -0.258. The number of nitro benzene ring substituents is 1. The molecule has 1 aromatic carbocycles. The number of benzene rings is 1. The van der Waals surface area contributed by atoms with Crippen molar-refractivity contribution in [3.05, 3.63) is 33.9 Å². The molecule has 0 aliphatic rings. The first-order valence-electron chi connectivity index (χ1n) is 6.26. The van der Waals surface area contributed by atoms with E-state index >= 15 is 0 Å². The zero-order valence-corrected chi connectivity index (χ0v) is 12.9. The van der Waals surface area contributed by atoms with E-state index in [1.807, 2.05) is 0 Å². The van der Waals surface area contributed by atoms with Gasteiger partial charge in [0.15, 0.2) is 0 Å². The number of nitro groups is 1. The Morgan fingerprint density at radius 3 is 2.48 bits per heavy atom. The molecule has 0 spiro atoms. The first kappa shape index (κ1) is 20.9. The number of hydrogen-bond donors (Lipinski definition) is 3. The number of anilines is 1. The third kappa shape index (κ3) is 6.70. The summed E-state index contributed by atoms with van der Waals surface area (Å²) >= 11 is 0. The van der Waals surface area contributed by atoms with Crippen LogP contribution in [-0.4, -0.2) is 37.5 Å². The molecule has 1 rings (SSSR count). The minimum absolute atomic E-state index is 0. The van der Waals surface area contributed by atoms with Crippen LogP contribution in [0.4, 0.5) is 24.5 Å². The van der Waals surface area contributed by atoms with Gasteiger partial charge < -0.3 is 16.0 Å². The van der Waals surface area contributed by atoms with Crippen LogP contribution in [0.15, 0.2) is 18.2 Å². The van der Waals surface area contributed by atoms with E-state index in [0.717, 1.165) is 12.1 Å². The van der Waals surface area contributed by atoms with E-state index < -0.39 is 22.4 Å². The van der Waals surface area contributed by atoms with Crippen molar-refractivity contribution in [1.82, 2.24) is 10.6 Å². The maximum atomic E-state index is 12.5. The number of alkyl halides is 3. The van der Waals surface area contributed by atoms with Crippen molar-refractivity contribution in [2.45, 2.75) is 6.18 Å². The molecule has 0 aromatic heterocycles. The van der Waals surface area contributed by atoms with Crippen LogP contribution in [0, 0.1) is 10.1 Å². The van der Waals surface area contributed by atoms with E-state index in [0.29, 0.717) is 6.07 Å². The second-order valence-corrected chi connectivity index (χ2v) is 4.29. The number of hydrogen-bond acceptors (Lipinski definition) is 5. The summed E-state index contributed by atoms with van der Waals surface area (Å²) < 4.78 is 37.6. The molecule has 0 heterocycles. The Morgan fingerprint density at radius 2 is 1.96 bits per heavy atom. The quantitative estimate of drug-likeness (QED) is 0.393. The zero-order chi connectivity index (χ0) is 16.8. The smallest absolute Gasteiger partial charge is 0.378 e. The lowest BCUT2D eigenvalue weighted by atomic mass is 10.1. The molecule has 0 unspecified atom stereocenters. The Hall–Kier alpha value is -2.07. The summed E-state index contributed by atoms with van der Waals surface area (Å²) in [6.45, 7) is 0.445. The summed E-state index contributed by atoms with van der Waals surface area (Å²) in [6.07, 6.45) is -4.65. The van der Waals surface area contributed by atoms with E-state index in [1.54, 1.807) is 7.05 Å². The highest BCUT2D eigenvalue weighted by molar-refractivity contribution is 5.85. The maximum Gasteiger partial charge on any atom is 0.416 e. The van der Waals surface area contributed by atoms with Crippen LogP contribution in [-0.2, 0) is 11.0 Å². The minimum Gasteiger partial charge on any atom is -0.378 e. The van der Waals surface area contributed by atoms with Crippen LogP contribution in [0.3, 0.4) is 0 Å². The van der Waals surface area contributed by atoms with Crippen LogP contribution in [0.2, 0.25) is 0 Å². The molecule has 0 atom stereocenters. The highest BCUT2D eigenvalue weighted by Gasteiger charge is 2.32. The Morgan fingerprint density at radius 1 is 1.30 bits per heavy atom. The Kier molecular flexibility index (Phi) is 8.33. The minimum atomic E-state index is -4.65. The molecule has 0 saturated carbocycles. The van der Waals surface area contributed by atoms with E-state index in [1.165, 1.54) is 0 Å². The van der Waals surface area contributed by atoms with Gasteiger partial charge in [0.05, 0.1) is 17.0 Å². The first-order valence-corrected chi connectivity index (χ1v) is 6.26. The largest absolute Gasteiger partial charge is 0.416 e. The van der Waals surface area contributed by atoms with Gasteiger partial charge in [-0.25, -0.2) is 0 Å². The van der Waals surface area contributed by atoms with Crippen LogP contribution in [0.5, 0.6) is 0 Å². The monoisotopic (exact) mass is 356 g/mol. The number of nitrogens with zero attached hydrogens (tertiary/aromatic N) is 1. The van der Waals surface area contributed by atoms with Gasteiger partial charge in [0.1, 0.15) is 5.69 Å². The molecule has 11 heteroatoms. The average molecular weight is 357 g/mol. The number of amides is 1. The normalized spacial score (nSPS) is 10.6. The second kappa shape index (κ2) is 9.16. The van der Waals surface area contributed by atoms with Gasteiger partial charge in [-0.2, -0.15) is 13.2 Å². The molecule has 23 heavy (non-hydrogen) atoms. The summed E-state index contributed by atoms with van der Waals surface area (Å²) in [5, 5.41) is 18.6. The van der Waals surface area contributed by atoms with Gasteiger partial charge in [-0.15, -0.1) is 12.4 Å². The van der Waals surface area contributed by atoms with Crippen LogP contribution < -0.4 is 16.0 Å². The van der Waals surface area contributed by atoms with E-state index in [-0.39, 0.29) is 43.6 Å². The van der Waals surface area contributed by atoms with Crippen LogP contribution >= 0.6 is 12.4 Å². The lowest BCUT2D eigenvalue weighted by molar-refractivity contribution is -0.384. The Balaban J connectivity index is 0.00000484. The van der Waals surface area contributed by atoms with E-state index in [9.17, 15) is 28.1 Å². The topological polar surface area (TPSA) is 96.3 Å². The van der Waals surface area contributed by atoms with Crippen molar-refractivity contribution >= 4 is 29.7 Å². The predicted molar refractivity (Wildman–Crippen MR) is 80.8 cm³/mol. The van der Waals surface area contributed by atoms with Gasteiger partial charge in [-0.05, 0) is 19.2 Å². The second-order valence-electron chi connectivity index (χ2n) is 4.29. The van der Waals surface area contributed by atoms with Crippen molar-refractivity contribution in [2.75, 3.05) is 32.0 Å². The Labute approximate surface area is 136 Å². The van der Waals surface area contributed by atoms with E-state index in [2.05, 4.69) is 16.0 Å². The van der Waals surface area contributed by atoms with Crippen molar-refractivity contribution in [3.63, 3.8) is 0 Å². The molecule has 1 amide bonds. The van der Waals surface area contributed by atoms with Gasteiger partial charge in [0, 0.05) is 19.2 Å². The molecule has 1 aromatic rings. The van der Waals surface area contributed by atoms with Crippen molar-refractivity contribution in [2.24, 2.45) is 0 Å². The number of rotatable bonds is 7. The summed E-state index contributed by atoms with van der Waals surface area (Å²) in [4.78, 5) is 21.1. The van der Waals surface area contributed by atoms with Gasteiger partial charge in [-0.1, -0.05) is 0 Å². The van der Waals surface area contributed by atoms with Gasteiger partial charge in [-0.3, -0.25) is 14.9 Å². The average Bonchev–Trinajstić information content (AvgIpc) is 2.42. The highest BCUT2D eigenvalue weighted by atomic mass is 35.5. The lowest BCUT2D eigenvalue weighted by Crippen LogP contribution is -2.35. The number of nitrogens with one attached hydrogen (secondary N) is 3. The number of carbonyl (C=O) groups is 1. The molecule has 0 radical (unpaired) electrons. The van der Waals surface area contributed by atoms with Crippen LogP contribution in [0.25, 0.3) is 0 Å². The fraction of sp³-hybridized carbons (Fsp3) is 0.417. The summed E-state index contributed by atoms with van der Waals surface area (Å²) in [6, 6.07) is 2.23. The molecule has 3 N–H and O–H groups in total. The summed E-state index contributed by atoms with van der Waals surface area (Å²) in [7, 11) is 1.60. The molecular formula is C12H16ClF3N4O3. The highest BCUT2D eigenvalue weighted by Crippen LogP contribution is 2.34. The fourth-order valence-corrected chi connectivity index (χ4v) is 1.63. The van der Waals surface area contributed by atoms with Gasteiger partial charge >= 0.3 is 6.18 Å². The van der Waals surface area contributed by atoms with Gasteiger partial charge in [0.2, 0.25) is 5.91 Å². The molecule has 130 valence electrons. The lowest BCUT2D eigenvalue weighted by Gasteiger charge is -2.11. The van der Waals surface area contributed by atoms with Crippen LogP contribution in [0.1, 0.15) is 5.56 Å². The molecule has 0 saturated heterocycles. The number of carbonyl (C=O) groups excluding carboxylic acids is 1. The van der Waals surface area contributed by atoms with Crippen molar-refractivity contribution in [1.29, 1.82) is 0 Å². The third-order valence-electron chi connectivity index (χ3n) is 2.62. The standard InChI is InChI=1S/C12H15F3N4O3.ClH/c1-16-7-11(20)18-5-4-17-9-3-2-8(12(13,14)15)6-10(9)19(21)22;/h2-3,6,16-17H,4-5,7H2,1H3,(H,18,20);1H. The molecule has 0 bridgehead atoms. The SMILES string of the molecule is CNCC(=O)NCCNc1ccc(C(F)(F)F)cc1[N+](=O)[O-].Cl. The molecule has 0 fully saturated rings. The van der Waals surface area contributed by atoms with Crippen molar-refractivity contribution in [3.8, 4) is 0 Å². The summed E-state index contributed by atoms with van der Waals surface area (Å²) in [5.41, 5.74) is -1.80. The first-order chi connectivity index (χ1) is 10.3. The van der Waals surface area contributed by atoms with Crippen molar-refractivity contribution < 1.29 is 22.9 Å². The third-order valence-corrected chi connectivity index (χ3v) is 2.62. The Bertz CT molecular complexity index is 555. The van der Waals surface area contributed by atoms with Gasteiger partial charge in [0.25, 0.3) is 5.69 Å². The van der Waals surface area contributed by atoms with E-state index in [4.69, 9.17) is 0 Å².